The van der Waals surface area contributed by atoms with Gasteiger partial charge in [-0.15, -0.1) is 0 Å². The van der Waals surface area contributed by atoms with Crippen molar-refractivity contribution in [2.75, 3.05) is 5.94 Å². The van der Waals surface area contributed by atoms with Gasteiger partial charge in [0.25, 0.3) is 0 Å². The molecule has 0 bridgehead atoms. The third-order valence-electron chi connectivity index (χ3n) is 1.55. The van der Waals surface area contributed by atoms with E-state index in [1.807, 2.05) is 13.0 Å². The molecular formula is C9H10O4S. The number of hydrogen-bond acceptors (Lipinski definition) is 4. The van der Waals surface area contributed by atoms with Gasteiger partial charge in [0, 0.05) is 0 Å². The number of esters is 1. The quantitative estimate of drug-likeness (QED) is 0.595. The van der Waals surface area contributed by atoms with Gasteiger partial charge in [0.2, 0.25) is 0 Å². The summed E-state index contributed by atoms with van der Waals surface area (Å²) in [5.74, 6) is -1.19. The number of thiol groups is 1. The molecule has 0 saturated heterocycles. The van der Waals surface area contributed by atoms with Crippen LogP contribution in [0.3, 0.4) is 0 Å². The van der Waals surface area contributed by atoms with Crippen LogP contribution < -0.4 is 0 Å². The summed E-state index contributed by atoms with van der Waals surface area (Å²) in [6, 6.07) is 6.77. The van der Waals surface area contributed by atoms with E-state index in [1.54, 1.807) is 18.2 Å². The molecule has 0 N–H and O–H groups in total. The molecule has 0 saturated carbocycles. The topological polar surface area (TPSA) is 60.4 Å². The summed E-state index contributed by atoms with van der Waals surface area (Å²) in [5, 5.41) is 0. The molecule has 0 heterocycles. The van der Waals surface area contributed by atoms with Crippen molar-refractivity contribution < 1.29 is 17.9 Å². The zero-order chi connectivity index (χ0) is 10.6. The SMILES string of the molecule is Cc1cccc(C(=O)OC[SH](=O)=O)c1. The molecule has 14 heavy (non-hydrogen) atoms. The molecule has 4 nitrogen and oxygen atoms in total. The summed E-state index contributed by atoms with van der Waals surface area (Å²) in [7, 11) is -2.67. The van der Waals surface area contributed by atoms with E-state index in [0.29, 0.717) is 5.56 Å². The van der Waals surface area contributed by atoms with Gasteiger partial charge in [-0.3, -0.25) is 0 Å². The molecule has 0 fully saturated rings. The van der Waals surface area contributed by atoms with Crippen LogP contribution in [0.4, 0.5) is 0 Å². The molecule has 0 atom stereocenters. The Bertz CT molecular complexity index is 401. The first-order valence-corrected chi connectivity index (χ1v) is 5.31. The van der Waals surface area contributed by atoms with E-state index in [1.165, 1.54) is 0 Å². The van der Waals surface area contributed by atoms with Crippen LogP contribution in [0.25, 0.3) is 0 Å². The third-order valence-corrected chi connectivity index (χ3v) is 1.89. The van der Waals surface area contributed by atoms with E-state index in [-0.39, 0.29) is 0 Å². The monoisotopic (exact) mass is 214 g/mol. The van der Waals surface area contributed by atoms with Crippen molar-refractivity contribution in [2.45, 2.75) is 6.92 Å². The molecular weight excluding hydrogens is 204 g/mol. The van der Waals surface area contributed by atoms with Crippen molar-refractivity contribution in [3.8, 4) is 0 Å². The van der Waals surface area contributed by atoms with Crippen molar-refractivity contribution in [1.82, 2.24) is 0 Å². The standard InChI is InChI=1S/C9H10O4S/c1-7-3-2-4-8(5-7)9(10)13-6-14(11)12/h2-5,14H,6H2,1H3. The number of rotatable bonds is 3. The Morgan fingerprint density at radius 3 is 2.71 bits per heavy atom. The molecule has 76 valence electrons. The molecule has 0 aliphatic heterocycles. The largest absolute Gasteiger partial charge is 0.446 e. The summed E-state index contributed by atoms with van der Waals surface area (Å²) >= 11 is 0. The number of aryl methyl sites for hydroxylation is 1. The van der Waals surface area contributed by atoms with Gasteiger partial charge in [0.15, 0.2) is 16.6 Å². The van der Waals surface area contributed by atoms with Crippen LogP contribution in [-0.4, -0.2) is 20.3 Å². The zero-order valence-electron chi connectivity index (χ0n) is 7.60. The number of benzene rings is 1. The molecule has 1 rings (SSSR count). The maximum atomic E-state index is 11.2. The first kappa shape index (κ1) is 10.7. The molecule has 0 radical (unpaired) electrons. The fourth-order valence-electron chi connectivity index (χ4n) is 0.967. The number of carbonyl (C=O) groups is 1. The van der Waals surface area contributed by atoms with E-state index < -0.39 is 22.6 Å². The normalized spacial score (nSPS) is 10.1. The second-order valence-electron chi connectivity index (χ2n) is 2.76. The highest BCUT2D eigenvalue weighted by molar-refractivity contribution is 7.72. The Morgan fingerprint density at radius 1 is 1.43 bits per heavy atom. The minimum Gasteiger partial charge on any atom is -0.446 e. The predicted octanol–water partition coefficient (Wildman–Crippen LogP) is 0.721. The molecule has 0 aromatic heterocycles. The van der Waals surface area contributed by atoms with Crippen LogP contribution in [0.2, 0.25) is 0 Å². The Kier molecular flexibility index (Phi) is 3.64. The van der Waals surface area contributed by atoms with Crippen LogP contribution in [-0.2, 0) is 15.4 Å². The maximum Gasteiger partial charge on any atom is 0.339 e. The van der Waals surface area contributed by atoms with Gasteiger partial charge in [0.05, 0.1) is 5.56 Å². The van der Waals surface area contributed by atoms with E-state index >= 15 is 0 Å². The summed E-state index contributed by atoms with van der Waals surface area (Å²) in [6.07, 6.45) is 0. The molecule has 5 heteroatoms. The van der Waals surface area contributed by atoms with Crippen molar-refractivity contribution in [1.29, 1.82) is 0 Å². The zero-order valence-corrected chi connectivity index (χ0v) is 8.49. The lowest BCUT2D eigenvalue weighted by molar-refractivity contribution is 0.0574. The van der Waals surface area contributed by atoms with Crippen LogP contribution in [0.1, 0.15) is 15.9 Å². The second kappa shape index (κ2) is 4.76. The molecule has 1 aromatic rings. The minimum atomic E-state index is -2.67. The predicted molar refractivity (Wildman–Crippen MR) is 51.8 cm³/mol. The van der Waals surface area contributed by atoms with Crippen LogP contribution in [0.15, 0.2) is 24.3 Å². The van der Waals surface area contributed by atoms with Crippen molar-refractivity contribution in [3.05, 3.63) is 35.4 Å². The molecule has 1 aromatic carbocycles. The summed E-state index contributed by atoms with van der Waals surface area (Å²) in [4.78, 5) is 11.2. The molecule has 0 spiro atoms. The van der Waals surface area contributed by atoms with Crippen LogP contribution in [0, 0.1) is 6.92 Å². The average Bonchev–Trinajstić information content (AvgIpc) is 2.14. The van der Waals surface area contributed by atoms with Gasteiger partial charge in [-0.25, -0.2) is 13.2 Å². The van der Waals surface area contributed by atoms with E-state index in [2.05, 4.69) is 4.74 Å². The molecule has 0 unspecified atom stereocenters. The molecule has 0 aliphatic carbocycles. The lowest BCUT2D eigenvalue weighted by atomic mass is 10.1. The fourth-order valence-corrected chi connectivity index (χ4v) is 1.19. The lowest BCUT2D eigenvalue weighted by Crippen LogP contribution is -2.07. The summed E-state index contributed by atoms with van der Waals surface area (Å²) in [6.45, 7) is 1.84. The fraction of sp³-hybridized carbons (Fsp3) is 0.222. The average molecular weight is 214 g/mol. The third kappa shape index (κ3) is 3.18. The van der Waals surface area contributed by atoms with Gasteiger partial charge in [-0.1, -0.05) is 17.7 Å². The smallest absolute Gasteiger partial charge is 0.339 e. The van der Waals surface area contributed by atoms with E-state index in [4.69, 9.17) is 0 Å². The number of carbonyl (C=O) groups excluding carboxylic acids is 1. The van der Waals surface area contributed by atoms with Gasteiger partial charge in [-0.2, -0.15) is 0 Å². The van der Waals surface area contributed by atoms with Crippen molar-refractivity contribution in [2.24, 2.45) is 0 Å². The van der Waals surface area contributed by atoms with Gasteiger partial charge in [0.1, 0.15) is 0 Å². The Hall–Kier alpha value is -1.36. The first-order valence-electron chi connectivity index (χ1n) is 3.95. The van der Waals surface area contributed by atoms with Gasteiger partial charge < -0.3 is 4.74 Å². The molecule has 0 aliphatic rings. The Balaban J connectivity index is 2.70. The van der Waals surface area contributed by atoms with Gasteiger partial charge in [-0.05, 0) is 19.1 Å². The molecule has 0 amide bonds. The number of hydrogen-bond donors (Lipinski definition) is 1. The van der Waals surface area contributed by atoms with Crippen LogP contribution >= 0.6 is 0 Å². The first-order chi connectivity index (χ1) is 6.59. The number of ether oxygens (including phenoxy) is 1. The lowest BCUT2D eigenvalue weighted by Gasteiger charge is -2.01. The highest BCUT2D eigenvalue weighted by atomic mass is 32.2. The summed E-state index contributed by atoms with van der Waals surface area (Å²) < 4.78 is 24.8. The highest BCUT2D eigenvalue weighted by Crippen LogP contribution is 2.05. The van der Waals surface area contributed by atoms with Crippen LogP contribution in [0.5, 0.6) is 0 Å². The van der Waals surface area contributed by atoms with E-state index in [0.717, 1.165) is 5.56 Å². The highest BCUT2D eigenvalue weighted by Gasteiger charge is 2.06. The summed E-state index contributed by atoms with van der Waals surface area (Å²) in [5.41, 5.74) is 1.29. The van der Waals surface area contributed by atoms with Crippen molar-refractivity contribution >= 4 is 16.7 Å². The van der Waals surface area contributed by atoms with E-state index in [9.17, 15) is 13.2 Å². The van der Waals surface area contributed by atoms with Gasteiger partial charge >= 0.3 is 5.97 Å². The Morgan fingerprint density at radius 2 is 2.14 bits per heavy atom. The Labute approximate surface area is 83.5 Å². The second-order valence-corrected chi connectivity index (χ2v) is 3.69. The minimum absolute atomic E-state index is 0.363. The van der Waals surface area contributed by atoms with Crippen molar-refractivity contribution in [3.63, 3.8) is 0 Å². The maximum absolute atomic E-state index is 11.2.